The van der Waals surface area contributed by atoms with Crippen LogP contribution in [0.2, 0.25) is 0 Å². The number of allylic oxidation sites excluding steroid dienone is 2. The van der Waals surface area contributed by atoms with Crippen molar-refractivity contribution in [2.45, 2.75) is 13.8 Å². The van der Waals surface area contributed by atoms with Crippen LogP contribution in [0, 0.1) is 25.9 Å². The summed E-state index contributed by atoms with van der Waals surface area (Å²) in [5, 5.41) is 3.53. The van der Waals surface area contributed by atoms with Crippen LogP contribution in [0.15, 0.2) is 116 Å². The Labute approximate surface area is 236 Å². The van der Waals surface area contributed by atoms with Gasteiger partial charge in [-0.25, -0.2) is 6.08 Å². The Balaban J connectivity index is 0.000000152. The predicted molar refractivity (Wildman–Crippen MR) is 154 cm³/mol. The Morgan fingerprint density at radius 1 is 0.789 bits per heavy atom. The van der Waals surface area contributed by atoms with Crippen LogP contribution in [0.5, 0.6) is 0 Å². The molecule has 0 N–H and O–H groups in total. The maximum atomic E-state index is 4.48. The number of benzene rings is 3. The second kappa shape index (κ2) is 11.2. The minimum absolute atomic E-state index is 0. The van der Waals surface area contributed by atoms with Crippen LogP contribution in [0.3, 0.4) is 0 Å². The Hall–Kier alpha value is -3.99. The summed E-state index contributed by atoms with van der Waals surface area (Å²) in [6, 6.07) is 30.1. The van der Waals surface area contributed by atoms with Gasteiger partial charge in [-0.1, -0.05) is 54.1 Å². The molecule has 1 radical (unpaired) electrons. The number of aromatic nitrogens is 3. The predicted octanol–water partition coefficient (Wildman–Crippen LogP) is 6.27. The Kier molecular flexibility index (Phi) is 7.55. The molecule has 187 valence electrons. The molecule has 4 nitrogen and oxygen atoms in total. The second-order valence-electron chi connectivity index (χ2n) is 9.08. The first kappa shape index (κ1) is 25.7. The quantitative estimate of drug-likeness (QED) is 0.124. The number of pyridine rings is 2. The third-order valence-electron chi connectivity index (χ3n) is 6.72. The van der Waals surface area contributed by atoms with Crippen LogP contribution in [0.25, 0.3) is 27.3 Å². The molecule has 1 aliphatic rings. The molecule has 4 heterocycles. The summed E-state index contributed by atoms with van der Waals surface area (Å²) < 4.78 is 2.12. The molecular weight excluding hydrogens is 643 g/mol. The van der Waals surface area contributed by atoms with E-state index in [4.69, 9.17) is 0 Å². The molecule has 0 aliphatic carbocycles. The molecule has 0 fully saturated rings. The number of hydrogen-bond acceptors (Lipinski definition) is 3. The van der Waals surface area contributed by atoms with Crippen LogP contribution in [0.1, 0.15) is 11.1 Å². The van der Waals surface area contributed by atoms with Gasteiger partial charge in [0.15, 0.2) is 0 Å². The van der Waals surface area contributed by atoms with Crippen LogP contribution in [-0.4, -0.2) is 21.2 Å². The normalized spacial score (nSPS) is 12.5. The van der Waals surface area contributed by atoms with Crippen molar-refractivity contribution in [1.82, 2.24) is 14.4 Å². The van der Waals surface area contributed by atoms with Crippen molar-refractivity contribution in [3.63, 3.8) is 0 Å². The zero-order valence-electron chi connectivity index (χ0n) is 21.2. The van der Waals surface area contributed by atoms with Crippen LogP contribution in [0.4, 0.5) is 5.69 Å². The van der Waals surface area contributed by atoms with Gasteiger partial charge in [-0.05, 0) is 48.6 Å². The van der Waals surface area contributed by atoms with Gasteiger partial charge in [-0.2, -0.15) is 6.08 Å². The van der Waals surface area contributed by atoms with Crippen LogP contribution in [-0.2, 0) is 20.1 Å². The summed E-state index contributed by atoms with van der Waals surface area (Å²) in [7, 11) is 0. The van der Waals surface area contributed by atoms with Crippen molar-refractivity contribution in [2.24, 2.45) is 0 Å². The number of fused-ring (bicyclic) bond motifs is 6. The average molecular weight is 669 g/mol. The molecule has 7 rings (SSSR count). The van der Waals surface area contributed by atoms with E-state index in [1.165, 1.54) is 33.1 Å². The molecule has 0 bridgehead atoms. The molecule has 38 heavy (non-hydrogen) atoms. The Morgan fingerprint density at radius 3 is 2.39 bits per heavy atom. The SMILES string of the molecule is Cc1cccc(C)c1N1C=CC=[C-]B1c1ccccn1.[Ir].[c-]1cccc2c1c1nccn1c1ccccc21. The van der Waals surface area contributed by atoms with Crippen molar-refractivity contribution in [3.8, 4) is 0 Å². The van der Waals surface area contributed by atoms with Gasteiger partial charge in [0.2, 0.25) is 6.85 Å². The maximum Gasteiger partial charge on any atom is 0.233 e. The van der Waals surface area contributed by atoms with Gasteiger partial charge in [0, 0.05) is 55.5 Å². The van der Waals surface area contributed by atoms with Crippen molar-refractivity contribution in [2.75, 3.05) is 4.81 Å². The van der Waals surface area contributed by atoms with Gasteiger partial charge < -0.3 is 9.21 Å². The van der Waals surface area contributed by atoms with Gasteiger partial charge >= 0.3 is 0 Å². The monoisotopic (exact) mass is 669 g/mol. The molecule has 3 aromatic carbocycles. The average Bonchev–Trinajstić information content (AvgIpc) is 3.45. The summed E-state index contributed by atoms with van der Waals surface area (Å²) in [6.07, 6.45) is 11.7. The van der Waals surface area contributed by atoms with Gasteiger partial charge in [-0.15, -0.1) is 29.7 Å². The molecule has 0 spiro atoms. The van der Waals surface area contributed by atoms with Gasteiger partial charge in [-0.3, -0.25) is 15.9 Å². The smallest absolute Gasteiger partial charge is 0.233 e. The fraction of sp³-hybridized carbons (Fsp3) is 0.0625. The molecular formula is C32H25BIrN4-2. The second-order valence-corrected chi connectivity index (χ2v) is 9.08. The summed E-state index contributed by atoms with van der Waals surface area (Å²) in [4.78, 5) is 11.2. The molecule has 0 unspecified atom stereocenters. The van der Waals surface area contributed by atoms with E-state index >= 15 is 0 Å². The summed E-state index contributed by atoms with van der Waals surface area (Å²) in [5.41, 5.74) is 6.93. The van der Waals surface area contributed by atoms with Crippen molar-refractivity contribution in [3.05, 3.63) is 139 Å². The fourth-order valence-electron chi connectivity index (χ4n) is 5.07. The van der Waals surface area contributed by atoms with E-state index in [-0.39, 0.29) is 27.0 Å². The molecule has 6 aromatic rings. The number of rotatable bonds is 2. The minimum atomic E-state index is 0. The number of para-hydroxylation sites is 2. The van der Waals surface area contributed by atoms with Gasteiger partial charge in [0.1, 0.15) is 0 Å². The molecule has 0 saturated heterocycles. The fourth-order valence-corrected chi connectivity index (χ4v) is 5.07. The zero-order chi connectivity index (χ0) is 25.2. The number of nitrogens with zero attached hydrogens (tertiary/aromatic N) is 4. The molecule has 6 heteroatoms. The van der Waals surface area contributed by atoms with Crippen molar-refractivity contribution >= 4 is 45.5 Å². The van der Waals surface area contributed by atoms with Gasteiger partial charge in [0.25, 0.3) is 0 Å². The Morgan fingerprint density at radius 2 is 1.58 bits per heavy atom. The molecule has 0 amide bonds. The third-order valence-corrected chi connectivity index (χ3v) is 6.72. The standard InChI is InChI=1S/C17H16BN2.C15H9N2.Ir/c1-14-8-7-9-15(2)17(14)20-13-6-4-11-18(20)16-10-3-5-12-19-16;1-2-7-13-11(5-1)12-6-3-4-8-14(12)17-10-9-16-15(13)17;/h3-10,12-13H,1-2H3;1-6,8-10H;/q2*-1;. The summed E-state index contributed by atoms with van der Waals surface area (Å²) in [5.74, 6) is 3.39. The number of aryl methyl sites for hydroxylation is 2. The van der Waals surface area contributed by atoms with E-state index in [1.54, 1.807) is 0 Å². The van der Waals surface area contributed by atoms with E-state index in [0.29, 0.717) is 0 Å². The first-order valence-corrected chi connectivity index (χ1v) is 12.4. The van der Waals surface area contributed by atoms with E-state index in [1.807, 2.05) is 61.1 Å². The van der Waals surface area contributed by atoms with Gasteiger partial charge in [0.05, 0.1) is 5.65 Å². The van der Waals surface area contributed by atoms with Crippen LogP contribution < -0.4 is 10.4 Å². The first-order chi connectivity index (χ1) is 18.2. The minimum Gasteiger partial charge on any atom is -0.415 e. The first-order valence-electron chi connectivity index (χ1n) is 12.4. The van der Waals surface area contributed by atoms with Crippen LogP contribution >= 0.6 is 0 Å². The Bertz CT molecular complexity index is 1690. The molecule has 3 aromatic heterocycles. The van der Waals surface area contributed by atoms with E-state index in [0.717, 1.165) is 16.6 Å². The van der Waals surface area contributed by atoms with Crippen molar-refractivity contribution < 1.29 is 20.1 Å². The van der Waals surface area contributed by atoms with E-state index in [9.17, 15) is 0 Å². The summed E-state index contributed by atoms with van der Waals surface area (Å²) in [6.45, 7) is 4.31. The maximum absolute atomic E-state index is 4.48. The molecule has 0 atom stereocenters. The third kappa shape index (κ3) is 4.69. The van der Waals surface area contributed by atoms with Crippen molar-refractivity contribution in [1.29, 1.82) is 0 Å². The summed E-state index contributed by atoms with van der Waals surface area (Å²) >= 11 is 0. The molecule has 0 saturated carbocycles. The topological polar surface area (TPSA) is 33.4 Å². The number of anilines is 1. The largest absolute Gasteiger partial charge is 0.415 e. The number of imidazole rings is 1. The number of hydrogen-bond donors (Lipinski definition) is 0. The van der Waals surface area contributed by atoms with E-state index in [2.05, 4.69) is 99.8 Å². The van der Waals surface area contributed by atoms with E-state index < -0.39 is 0 Å². The molecule has 1 aliphatic heterocycles. The zero-order valence-corrected chi connectivity index (χ0v) is 23.6.